The van der Waals surface area contributed by atoms with Gasteiger partial charge in [-0.3, -0.25) is 24.5 Å². The molecule has 0 bridgehead atoms. The maximum atomic E-state index is 12.9. The molecule has 0 atom stereocenters. The number of ketones is 1. The van der Waals surface area contributed by atoms with E-state index >= 15 is 0 Å². The molecule has 0 saturated heterocycles. The second kappa shape index (κ2) is 9.05. The van der Waals surface area contributed by atoms with Gasteiger partial charge in [-0.1, -0.05) is 35.3 Å². The summed E-state index contributed by atoms with van der Waals surface area (Å²) < 4.78 is 5.01. The number of Topliss-reactive ketones (excluding diaryl/α,β-unsaturated/α-hetero) is 1. The zero-order valence-corrected chi connectivity index (χ0v) is 18.5. The average molecular weight is 499 g/mol. The summed E-state index contributed by atoms with van der Waals surface area (Å²) >= 11 is 11.8. The Balaban J connectivity index is 1.51. The van der Waals surface area contributed by atoms with Gasteiger partial charge < -0.3 is 4.74 Å². The first-order valence-corrected chi connectivity index (χ1v) is 10.4. The Morgan fingerprint density at radius 1 is 0.882 bits per heavy atom. The van der Waals surface area contributed by atoms with Crippen molar-refractivity contribution in [2.45, 2.75) is 0 Å². The van der Waals surface area contributed by atoms with Gasteiger partial charge in [-0.2, -0.15) is 0 Å². The molecule has 3 aromatic carbocycles. The van der Waals surface area contributed by atoms with Crippen LogP contribution in [0.4, 0.5) is 11.4 Å². The summed E-state index contributed by atoms with van der Waals surface area (Å²) in [6.45, 7) is -0.701. The normalized spacial score (nSPS) is 12.5. The third-order valence-electron chi connectivity index (χ3n) is 5.01. The predicted octanol–water partition coefficient (Wildman–Crippen LogP) is 4.74. The van der Waals surface area contributed by atoms with Crippen LogP contribution in [0.1, 0.15) is 41.4 Å². The maximum Gasteiger partial charge on any atom is 0.338 e. The van der Waals surface area contributed by atoms with Crippen LogP contribution in [-0.4, -0.2) is 35.1 Å². The number of imide groups is 1. The van der Waals surface area contributed by atoms with Gasteiger partial charge in [-0.05, 0) is 42.5 Å². The number of carbonyl (C=O) groups is 4. The van der Waals surface area contributed by atoms with Crippen molar-refractivity contribution in [2.75, 3.05) is 11.5 Å². The van der Waals surface area contributed by atoms with E-state index in [9.17, 15) is 29.3 Å². The number of benzene rings is 3. The van der Waals surface area contributed by atoms with E-state index in [0.29, 0.717) is 0 Å². The van der Waals surface area contributed by atoms with Crippen LogP contribution in [0, 0.1) is 10.1 Å². The molecule has 2 amide bonds. The summed E-state index contributed by atoms with van der Waals surface area (Å²) in [5.74, 6) is -2.86. The highest BCUT2D eigenvalue weighted by molar-refractivity contribution is 6.40. The van der Waals surface area contributed by atoms with Gasteiger partial charge in [0.25, 0.3) is 17.5 Å². The number of esters is 1. The van der Waals surface area contributed by atoms with Crippen LogP contribution >= 0.6 is 23.2 Å². The second-order valence-electron chi connectivity index (χ2n) is 7.08. The van der Waals surface area contributed by atoms with Crippen LogP contribution in [-0.2, 0) is 4.74 Å². The molecule has 1 heterocycles. The molecule has 0 radical (unpaired) electrons. The molecule has 0 aromatic heterocycles. The molecule has 0 N–H and O–H groups in total. The fourth-order valence-corrected chi connectivity index (χ4v) is 3.75. The van der Waals surface area contributed by atoms with E-state index < -0.39 is 40.8 Å². The van der Waals surface area contributed by atoms with E-state index in [2.05, 4.69) is 0 Å². The smallest absolute Gasteiger partial charge is 0.338 e. The number of amides is 2. The number of fused-ring (bicyclic) bond motifs is 1. The Bertz CT molecular complexity index is 1400. The zero-order chi connectivity index (χ0) is 24.6. The molecule has 1 aliphatic heterocycles. The minimum atomic E-state index is -0.920. The van der Waals surface area contributed by atoms with Gasteiger partial charge >= 0.3 is 5.97 Å². The highest BCUT2D eigenvalue weighted by Gasteiger charge is 2.38. The van der Waals surface area contributed by atoms with E-state index in [-0.39, 0.29) is 38.0 Å². The maximum absolute atomic E-state index is 12.9. The van der Waals surface area contributed by atoms with Crippen LogP contribution in [0.3, 0.4) is 0 Å². The zero-order valence-electron chi connectivity index (χ0n) is 17.0. The van der Waals surface area contributed by atoms with E-state index in [0.717, 1.165) is 11.0 Å². The summed E-state index contributed by atoms with van der Waals surface area (Å²) in [4.78, 5) is 61.6. The fourth-order valence-electron chi connectivity index (χ4n) is 3.34. The molecule has 0 spiro atoms. The number of rotatable bonds is 6. The second-order valence-corrected chi connectivity index (χ2v) is 7.89. The lowest BCUT2D eigenvalue weighted by Gasteiger charge is -2.15. The number of nitrogens with zero attached hydrogens (tertiary/aromatic N) is 2. The van der Waals surface area contributed by atoms with Crippen molar-refractivity contribution in [1.29, 1.82) is 0 Å². The van der Waals surface area contributed by atoms with E-state index in [4.69, 9.17) is 27.9 Å². The first kappa shape index (κ1) is 23.1. The molecular weight excluding hydrogens is 487 g/mol. The van der Waals surface area contributed by atoms with Crippen molar-refractivity contribution < 1.29 is 28.8 Å². The summed E-state index contributed by atoms with van der Waals surface area (Å²) in [6, 6.07) is 13.6. The monoisotopic (exact) mass is 498 g/mol. The van der Waals surface area contributed by atoms with Crippen molar-refractivity contribution in [3.63, 3.8) is 0 Å². The van der Waals surface area contributed by atoms with Crippen LogP contribution in [0.25, 0.3) is 0 Å². The molecule has 34 heavy (non-hydrogen) atoms. The van der Waals surface area contributed by atoms with Gasteiger partial charge in [0.1, 0.15) is 5.02 Å². The molecule has 170 valence electrons. The highest BCUT2D eigenvalue weighted by atomic mass is 35.5. The van der Waals surface area contributed by atoms with Gasteiger partial charge in [0.15, 0.2) is 6.61 Å². The number of hydrogen-bond acceptors (Lipinski definition) is 7. The van der Waals surface area contributed by atoms with E-state index in [1.165, 1.54) is 42.5 Å². The molecular formula is C23H12Cl2N2O7. The van der Waals surface area contributed by atoms with Gasteiger partial charge in [0.2, 0.25) is 5.78 Å². The number of para-hydroxylation sites is 1. The summed E-state index contributed by atoms with van der Waals surface area (Å²) in [5.41, 5.74) is -0.291. The number of carbonyl (C=O) groups excluding carboxylic acids is 4. The van der Waals surface area contributed by atoms with Crippen LogP contribution in [0.15, 0.2) is 60.7 Å². The Morgan fingerprint density at radius 2 is 1.56 bits per heavy atom. The first-order chi connectivity index (χ1) is 16.2. The number of anilines is 1. The minimum absolute atomic E-state index is 0.0148. The average Bonchev–Trinajstić information content (AvgIpc) is 3.07. The molecule has 0 aliphatic carbocycles. The van der Waals surface area contributed by atoms with E-state index in [1.807, 2.05) is 0 Å². The summed E-state index contributed by atoms with van der Waals surface area (Å²) in [7, 11) is 0. The minimum Gasteiger partial charge on any atom is -0.454 e. The lowest BCUT2D eigenvalue weighted by atomic mass is 10.1. The Hall–Kier alpha value is -4.08. The molecule has 0 fully saturated rings. The van der Waals surface area contributed by atoms with Crippen LogP contribution < -0.4 is 4.90 Å². The number of nitro groups is 1. The number of ether oxygens (including phenoxy) is 1. The Labute approximate surface area is 201 Å². The summed E-state index contributed by atoms with van der Waals surface area (Å²) in [6.07, 6.45) is 0. The van der Waals surface area contributed by atoms with Crippen molar-refractivity contribution in [2.24, 2.45) is 0 Å². The number of nitro benzene ring substituents is 1. The number of halogens is 2. The molecule has 11 heteroatoms. The van der Waals surface area contributed by atoms with Crippen LogP contribution in [0.2, 0.25) is 10.0 Å². The number of hydrogen-bond donors (Lipinski definition) is 0. The van der Waals surface area contributed by atoms with Crippen molar-refractivity contribution in [3.05, 3.63) is 103 Å². The van der Waals surface area contributed by atoms with Crippen molar-refractivity contribution in [1.82, 2.24) is 0 Å². The molecule has 0 unspecified atom stereocenters. The third kappa shape index (κ3) is 4.14. The quantitative estimate of drug-likeness (QED) is 0.158. The van der Waals surface area contributed by atoms with Crippen molar-refractivity contribution >= 4 is 58.1 Å². The highest BCUT2D eigenvalue weighted by Crippen LogP contribution is 2.33. The van der Waals surface area contributed by atoms with Crippen molar-refractivity contribution in [3.8, 4) is 0 Å². The van der Waals surface area contributed by atoms with Gasteiger partial charge in [-0.25, -0.2) is 9.69 Å². The fraction of sp³-hybridized carbons (Fsp3) is 0.0435. The van der Waals surface area contributed by atoms with E-state index in [1.54, 1.807) is 12.1 Å². The standard InChI is InChI=1S/C23H12Cl2N2O7/c24-16-3-1-2-4-18(16)26-21(29)14-7-5-13(9-15(14)22(26)30)23(31)34-11-20(28)12-6-8-17(25)19(10-12)27(32)33/h1-10H,11H2. The Morgan fingerprint density at radius 3 is 2.26 bits per heavy atom. The summed E-state index contributed by atoms with van der Waals surface area (Å²) in [5, 5.41) is 11.1. The molecule has 1 aliphatic rings. The Kier molecular flexibility index (Phi) is 6.14. The molecule has 0 saturated carbocycles. The largest absolute Gasteiger partial charge is 0.454 e. The third-order valence-corrected chi connectivity index (χ3v) is 5.65. The van der Waals surface area contributed by atoms with Gasteiger partial charge in [0.05, 0.1) is 32.3 Å². The lowest BCUT2D eigenvalue weighted by Crippen LogP contribution is -2.29. The topological polar surface area (TPSA) is 124 Å². The molecule has 9 nitrogen and oxygen atoms in total. The SMILES string of the molecule is O=C(COC(=O)c1ccc2c(c1)C(=O)N(c1ccccc1Cl)C2=O)c1ccc(Cl)c([N+](=O)[O-])c1. The van der Waals surface area contributed by atoms with Gasteiger partial charge in [0, 0.05) is 11.6 Å². The predicted molar refractivity (Wildman–Crippen MR) is 122 cm³/mol. The van der Waals surface area contributed by atoms with Crippen LogP contribution in [0.5, 0.6) is 0 Å². The molecule has 4 rings (SSSR count). The lowest BCUT2D eigenvalue weighted by molar-refractivity contribution is -0.384. The first-order valence-electron chi connectivity index (χ1n) is 9.60. The van der Waals surface area contributed by atoms with Gasteiger partial charge in [-0.15, -0.1) is 0 Å². The molecule has 3 aromatic rings.